The first-order valence-corrected chi connectivity index (χ1v) is 10.0. The molecule has 2 aromatic heterocycles. The van der Waals surface area contributed by atoms with Crippen molar-refractivity contribution in [3.63, 3.8) is 0 Å². The molecule has 0 aliphatic rings. The van der Waals surface area contributed by atoms with E-state index in [1.807, 2.05) is 49.4 Å². The third kappa shape index (κ3) is 3.90. The number of rotatable bonds is 6. The maximum atomic E-state index is 11.8. The Morgan fingerprint density at radius 2 is 1.93 bits per heavy atom. The van der Waals surface area contributed by atoms with Crippen molar-refractivity contribution < 1.29 is 4.74 Å². The number of aromatic nitrogens is 4. The Balaban J connectivity index is 1.58. The molecule has 4 aromatic rings. The number of hydrogen-bond donors (Lipinski definition) is 1. The van der Waals surface area contributed by atoms with E-state index in [1.165, 1.54) is 17.8 Å². The molecule has 0 unspecified atom stereocenters. The summed E-state index contributed by atoms with van der Waals surface area (Å²) >= 11 is 7.77. The minimum absolute atomic E-state index is 0.233. The van der Waals surface area contributed by atoms with Crippen LogP contribution in [-0.4, -0.2) is 31.9 Å². The molecule has 0 spiro atoms. The molecule has 2 aromatic carbocycles. The van der Waals surface area contributed by atoms with Crippen molar-refractivity contribution in [1.82, 2.24) is 19.6 Å². The summed E-state index contributed by atoms with van der Waals surface area (Å²) in [5.74, 6) is 2.00. The number of para-hydroxylation sites is 1. The van der Waals surface area contributed by atoms with Crippen LogP contribution >= 0.6 is 23.4 Å². The quantitative estimate of drug-likeness (QED) is 0.379. The molecule has 0 amide bonds. The predicted molar refractivity (Wildman–Crippen MR) is 111 cm³/mol. The summed E-state index contributed by atoms with van der Waals surface area (Å²) in [5, 5.41) is 3.91. The molecule has 2 heterocycles. The number of benzene rings is 2. The van der Waals surface area contributed by atoms with Crippen molar-refractivity contribution in [2.45, 2.75) is 12.1 Å². The van der Waals surface area contributed by atoms with Crippen LogP contribution in [-0.2, 0) is 0 Å². The first-order valence-electron chi connectivity index (χ1n) is 8.68. The van der Waals surface area contributed by atoms with Gasteiger partial charge in [-0.05, 0) is 30.7 Å². The van der Waals surface area contributed by atoms with Gasteiger partial charge in [-0.1, -0.05) is 53.7 Å². The third-order valence-electron chi connectivity index (χ3n) is 4.10. The lowest BCUT2D eigenvalue weighted by atomic mass is 10.2. The SMILES string of the molecule is Cc1ccccc1OCCSc1nc(-c2ccccc2Cl)nc2cc(=O)[nH]n12. The Morgan fingerprint density at radius 1 is 1.14 bits per heavy atom. The van der Waals surface area contributed by atoms with Gasteiger partial charge in [0.1, 0.15) is 5.75 Å². The second-order valence-corrected chi connectivity index (χ2v) is 7.56. The summed E-state index contributed by atoms with van der Waals surface area (Å²) in [7, 11) is 0. The van der Waals surface area contributed by atoms with Crippen molar-refractivity contribution in [2.75, 3.05) is 12.4 Å². The Labute approximate surface area is 170 Å². The average molecular weight is 413 g/mol. The summed E-state index contributed by atoms with van der Waals surface area (Å²) in [6.45, 7) is 2.52. The van der Waals surface area contributed by atoms with E-state index in [4.69, 9.17) is 16.3 Å². The molecular weight excluding hydrogens is 396 g/mol. The summed E-state index contributed by atoms with van der Waals surface area (Å²) in [4.78, 5) is 20.9. The monoisotopic (exact) mass is 412 g/mol. The molecule has 4 rings (SSSR count). The van der Waals surface area contributed by atoms with E-state index in [0.717, 1.165) is 16.9 Å². The van der Waals surface area contributed by atoms with Gasteiger partial charge in [-0.25, -0.2) is 14.5 Å². The van der Waals surface area contributed by atoms with Gasteiger partial charge in [0.2, 0.25) is 0 Å². The Bertz CT molecular complexity index is 1190. The maximum Gasteiger partial charge on any atom is 0.266 e. The number of ether oxygens (including phenoxy) is 1. The molecule has 0 saturated heterocycles. The van der Waals surface area contributed by atoms with Crippen LogP contribution in [0.1, 0.15) is 5.56 Å². The van der Waals surface area contributed by atoms with E-state index < -0.39 is 0 Å². The fourth-order valence-corrected chi connectivity index (χ4v) is 3.74. The fraction of sp³-hybridized carbons (Fsp3) is 0.150. The lowest BCUT2D eigenvalue weighted by Crippen LogP contribution is -2.07. The topological polar surface area (TPSA) is 72.3 Å². The second-order valence-electron chi connectivity index (χ2n) is 6.09. The van der Waals surface area contributed by atoms with Crippen LogP contribution in [0.2, 0.25) is 5.02 Å². The zero-order valence-corrected chi connectivity index (χ0v) is 16.6. The van der Waals surface area contributed by atoms with E-state index in [2.05, 4.69) is 15.1 Å². The average Bonchev–Trinajstić information content (AvgIpc) is 3.07. The van der Waals surface area contributed by atoms with Gasteiger partial charge in [0, 0.05) is 17.4 Å². The molecule has 1 N–H and O–H groups in total. The van der Waals surface area contributed by atoms with Gasteiger partial charge in [-0.15, -0.1) is 0 Å². The van der Waals surface area contributed by atoms with E-state index in [1.54, 1.807) is 10.6 Å². The molecule has 0 fully saturated rings. The highest BCUT2D eigenvalue weighted by molar-refractivity contribution is 7.99. The number of hydrogen-bond acceptors (Lipinski definition) is 5. The van der Waals surface area contributed by atoms with Gasteiger partial charge in [0.25, 0.3) is 5.56 Å². The van der Waals surface area contributed by atoms with Crippen LogP contribution in [0.5, 0.6) is 5.75 Å². The molecule has 142 valence electrons. The van der Waals surface area contributed by atoms with Crippen molar-refractivity contribution in [3.8, 4) is 17.1 Å². The minimum atomic E-state index is -0.233. The highest BCUT2D eigenvalue weighted by atomic mass is 35.5. The molecule has 6 nitrogen and oxygen atoms in total. The fourth-order valence-electron chi connectivity index (χ4n) is 2.75. The van der Waals surface area contributed by atoms with E-state index in [0.29, 0.717) is 34.0 Å². The highest BCUT2D eigenvalue weighted by Gasteiger charge is 2.13. The maximum absolute atomic E-state index is 11.8. The second kappa shape index (κ2) is 8.08. The number of nitrogens with zero attached hydrogens (tertiary/aromatic N) is 3. The van der Waals surface area contributed by atoms with Crippen LogP contribution in [0, 0.1) is 6.92 Å². The molecular formula is C20H17ClN4O2S. The van der Waals surface area contributed by atoms with Crippen LogP contribution < -0.4 is 10.3 Å². The number of aromatic amines is 1. The number of H-pyrrole nitrogens is 1. The summed E-state index contributed by atoms with van der Waals surface area (Å²) in [5.41, 5.74) is 2.08. The first-order chi connectivity index (χ1) is 13.6. The molecule has 0 atom stereocenters. The number of fused-ring (bicyclic) bond motifs is 1. The zero-order chi connectivity index (χ0) is 19.5. The number of halogens is 1. The van der Waals surface area contributed by atoms with E-state index >= 15 is 0 Å². The van der Waals surface area contributed by atoms with Crippen molar-refractivity contribution in [2.24, 2.45) is 0 Å². The number of nitrogens with one attached hydrogen (secondary N) is 1. The van der Waals surface area contributed by atoms with E-state index in [-0.39, 0.29) is 5.56 Å². The molecule has 0 saturated carbocycles. The van der Waals surface area contributed by atoms with Crippen molar-refractivity contribution >= 4 is 29.0 Å². The molecule has 0 radical (unpaired) electrons. The highest BCUT2D eigenvalue weighted by Crippen LogP contribution is 2.27. The Kier molecular flexibility index (Phi) is 5.36. The van der Waals surface area contributed by atoms with Crippen LogP contribution in [0.4, 0.5) is 0 Å². The minimum Gasteiger partial charge on any atom is -0.492 e. The smallest absolute Gasteiger partial charge is 0.266 e. The van der Waals surface area contributed by atoms with E-state index in [9.17, 15) is 4.79 Å². The third-order valence-corrected chi connectivity index (χ3v) is 5.34. The van der Waals surface area contributed by atoms with Crippen molar-refractivity contribution in [3.05, 3.63) is 75.5 Å². The molecule has 0 bridgehead atoms. The lowest BCUT2D eigenvalue weighted by Gasteiger charge is -2.10. The molecule has 0 aliphatic carbocycles. The molecule has 28 heavy (non-hydrogen) atoms. The standard InChI is InChI=1S/C20H17ClN4O2S/c1-13-6-2-5-9-16(13)27-10-11-28-20-23-19(14-7-3-4-8-15(14)21)22-17-12-18(26)24-25(17)20/h2-9,12H,10-11H2,1H3,(H,24,26). The Hall–Kier alpha value is -2.77. The lowest BCUT2D eigenvalue weighted by molar-refractivity contribution is 0.341. The van der Waals surface area contributed by atoms with Crippen LogP contribution in [0.15, 0.2) is 64.5 Å². The largest absolute Gasteiger partial charge is 0.492 e. The van der Waals surface area contributed by atoms with Gasteiger partial charge in [-0.3, -0.25) is 9.89 Å². The number of aryl methyl sites for hydroxylation is 1. The molecule has 0 aliphatic heterocycles. The van der Waals surface area contributed by atoms with Gasteiger partial charge in [-0.2, -0.15) is 0 Å². The molecule has 8 heteroatoms. The number of thioether (sulfide) groups is 1. The summed E-state index contributed by atoms with van der Waals surface area (Å²) in [6.07, 6.45) is 0. The van der Waals surface area contributed by atoms with Crippen molar-refractivity contribution in [1.29, 1.82) is 0 Å². The zero-order valence-electron chi connectivity index (χ0n) is 15.1. The van der Waals surface area contributed by atoms with Crippen LogP contribution in [0.3, 0.4) is 0 Å². The van der Waals surface area contributed by atoms with Gasteiger partial charge < -0.3 is 4.74 Å². The predicted octanol–water partition coefficient (Wildman–Crippen LogP) is 4.22. The van der Waals surface area contributed by atoms with Crippen LogP contribution in [0.25, 0.3) is 17.0 Å². The summed E-state index contributed by atoms with van der Waals surface area (Å²) in [6, 6.07) is 16.7. The summed E-state index contributed by atoms with van der Waals surface area (Å²) < 4.78 is 7.43. The van der Waals surface area contributed by atoms with Gasteiger partial charge >= 0.3 is 0 Å². The van der Waals surface area contributed by atoms with Gasteiger partial charge in [0.05, 0.1) is 11.6 Å². The first kappa shape index (κ1) is 18.6. The van der Waals surface area contributed by atoms with Gasteiger partial charge in [0.15, 0.2) is 16.6 Å². The normalized spacial score (nSPS) is 11.1. The Morgan fingerprint density at radius 3 is 2.75 bits per heavy atom.